The molecule has 2 N–H and O–H groups in total. The number of carbonyl (C=O) groups excluding carboxylic acids is 1. The van der Waals surface area contributed by atoms with Crippen LogP contribution < -0.4 is 9.64 Å². The van der Waals surface area contributed by atoms with Crippen LogP contribution in [-0.4, -0.2) is 45.0 Å². The highest BCUT2D eigenvalue weighted by molar-refractivity contribution is 5.95. The van der Waals surface area contributed by atoms with E-state index in [1.165, 1.54) is 5.56 Å². The highest BCUT2D eigenvalue weighted by Crippen LogP contribution is 2.35. The molecule has 1 saturated heterocycles. The number of aromatic carboxylic acids is 1. The van der Waals surface area contributed by atoms with Gasteiger partial charge in [-0.2, -0.15) is 0 Å². The topological polar surface area (TPSA) is 108 Å². The Bertz CT molecular complexity index is 824. The molecule has 1 aliphatic heterocycles. The molecular weight excluding hydrogens is 348 g/mol. The second-order valence-electron chi connectivity index (χ2n) is 7.13. The molecule has 0 atom stereocenters. The normalized spacial score (nSPS) is 22.8. The fraction of sp³-hybridized carbons (Fsp3) is 0.474. The zero-order chi connectivity index (χ0) is 18.8. The average molecular weight is 370 g/mol. The Morgan fingerprint density at radius 2 is 1.93 bits per heavy atom. The molecule has 0 unspecified atom stereocenters. The first-order chi connectivity index (χ1) is 13.1. The van der Waals surface area contributed by atoms with Crippen molar-refractivity contribution in [2.75, 3.05) is 11.4 Å². The first-order valence-electron chi connectivity index (χ1n) is 9.33. The monoisotopic (exact) mass is 370 g/mol. The summed E-state index contributed by atoms with van der Waals surface area (Å²) in [5.74, 6) is -0.413. The van der Waals surface area contributed by atoms with Crippen molar-refractivity contribution in [2.45, 2.75) is 50.5 Å². The third-order valence-electron chi connectivity index (χ3n) is 5.43. The summed E-state index contributed by atoms with van der Waals surface area (Å²) in [6, 6.07) is 8.31. The van der Waals surface area contributed by atoms with Crippen molar-refractivity contribution in [1.29, 1.82) is 0 Å². The summed E-state index contributed by atoms with van der Waals surface area (Å²) >= 11 is 0. The number of carbonyl (C=O) groups is 2. The number of aromatic nitrogens is 3. The van der Waals surface area contributed by atoms with Gasteiger partial charge in [0, 0.05) is 18.7 Å². The van der Waals surface area contributed by atoms with E-state index in [2.05, 4.69) is 27.5 Å². The lowest BCUT2D eigenvalue weighted by Gasteiger charge is -2.29. The molecule has 1 amide bonds. The van der Waals surface area contributed by atoms with Crippen molar-refractivity contribution in [1.82, 2.24) is 15.4 Å². The second kappa shape index (κ2) is 7.38. The highest BCUT2D eigenvalue weighted by atomic mass is 16.5. The van der Waals surface area contributed by atoms with Gasteiger partial charge in [0.1, 0.15) is 6.10 Å². The first kappa shape index (κ1) is 17.5. The molecule has 2 heterocycles. The van der Waals surface area contributed by atoms with Crippen LogP contribution in [0.3, 0.4) is 0 Å². The Morgan fingerprint density at radius 1 is 1.19 bits per heavy atom. The molecule has 4 rings (SSSR count). The van der Waals surface area contributed by atoms with E-state index in [0.29, 0.717) is 12.3 Å². The van der Waals surface area contributed by atoms with E-state index >= 15 is 0 Å². The van der Waals surface area contributed by atoms with Crippen LogP contribution in [0.25, 0.3) is 0 Å². The fourth-order valence-corrected chi connectivity index (χ4v) is 3.96. The van der Waals surface area contributed by atoms with Crippen LogP contribution in [0.2, 0.25) is 0 Å². The van der Waals surface area contributed by atoms with Gasteiger partial charge in [-0.3, -0.25) is 4.79 Å². The summed E-state index contributed by atoms with van der Waals surface area (Å²) in [5.41, 5.74) is 2.14. The van der Waals surface area contributed by atoms with Crippen molar-refractivity contribution in [3.05, 3.63) is 35.5 Å². The summed E-state index contributed by atoms with van der Waals surface area (Å²) in [7, 11) is 0. The van der Waals surface area contributed by atoms with Gasteiger partial charge in [-0.1, -0.05) is 22.4 Å². The molecule has 2 aromatic rings. The van der Waals surface area contributed by atoms with Crippen molar-refractivity contribution < 1.29 is 19.4 Å². The molecule has 1 saturated carbocycles. The molecule has 1 aromatic carbocycles. The fourth-order valence-electron chi connectivity index (χ4n) is 3.96. The molecule has 1 aliphatic carbocycles. The summed E-state index contributed by atoms with van der Waals surface area (Å²) in [6.45, 7) is 0.807. The number of anilines is 1. The number of H-pyrrole nitrogens is 1. The van der Waals surface area contributed by atoms with E-state index < -0.39 is 5.97 Å². The molecule has 142 valence electrons. The zero-order valence-corrected chi connectivity index (χ0v) is 14.9. The Balaban J connectivity index is 1.34. The van der Waals surface area contributed by atoms with Gasteiger partial charge < -0.3 is 14.7 Å². The lowest BCUT2D eigenvalue weighted by molar-refractivity contribution is -0.117. The number of nitrogens with zero attached hydrogens (tertiary/aromatic N) is 3. The number of benzene rings is 1. The van der Waals surface area contributed by atoms with E-state index in [1.807, 2.05) is 17.0 Å². The van der Waals surface area contributed by atoms with Gasteiger partial charge in [0.2, 0.25) is 11.6 Å². The summed E-state index contributed by atoms with van der Waals surface area (Å²) in [6.07, 6.45) is 5.12. The third-order valence-corrected chi connectivity index (χ3v) is 5.43. The molecule has 0 radical (unpaired) electrons. The van der Waals surface area contributed by atoms with Gasteiger partial charge in [0.25, 0.3) is 5.88 Å². The SMILES string of the molecule is O=C(O)c1[nH]nnc1O[C@H]1CC[C@H](c2ccc(N3CCCC3=O)cc2)CC1. The zero-order valence-electron chi connectivity index (χ0n) is 14.9. The number of hydrogen-bond donors (Lipinski definition) is 2. The first-order valence-corrected chi connectivity index (χ1v) is 9.33. The molecule has 2 fully saturated rings. The van der Waals surface area contributed by atoms with Crippen LogP contribution in [0.5, 0.6) is 5.88 Å². The maximum absolute atomic E-state index is 11.9. The second-order valence-corrected chi connectivity index (χ2v) is 7.13. The minimum atomic E-state index is -1.12. The Hall–Kier alpha value is -2.90. The number of carboxylic acid groups (broad SMARTS) is 1. The Kier molecular flexibility index (Phi) is 4.79. The lowest BCUT2D eigenvalue weighted by atomic mass is 9.82. The van der Waals surface area contributed by atoms with E-state index in [-0.39, 0.29) is 23.6 Å². The van der Waals surface area contributed by atoms with Gasteiger partial charge in [0.15, 0.2) is 0 Å². The molecule has 0 bridgehead atoms. The molecule has 8 nitrogen and oxygen atoms in total. The van der Waals surface area contributed by atoms with Crippen LogP contribution in [0.1, 0.15) is 60.5 Å². The van der Waals surface area contributed by atoms with E-state index in [9.17, 15) is 9.59 Å². The Labute approximate surface area is 156 Å². The minimum Gasteiger partial charge on any atom is -0.476 e. The summed E-state index contributed by atoms with van der Waals surface area (Å²) < 4.78 is 5.74. The molecular formula is C19H22N4O4. The number of carboxylic acids is 1. The number of hydrogen-bond acceptors (Lipinski definition) is 5. The van der Waals surface area contributed by atoms with Crippen molar-refractivity contribution >= 4 is 17.6 Å². The smallest absolute Gasteiger partial charge is 0.359 e. The number of nitrogens with one attached hydrogen (secondary N) is 1. The van der Waals surface area contributed by atoms with E-state index in [1.54, 1.807) is 0 Å². The van der Waals surface area contributed by atoms with Crippen LogP contribution in [0.15, 0.2) is 24.3 Å². The molecule has 8 heteroatoms. The van der Waals surface area contributed by atoms with Crippen LogP contribution in [0, 0.1) is 0 Å². The van der Waals surface area contributed by atoms with Gasteiger partial charge in [-0.25, -0.2) is 9.89 Å². The summed E-state index contributed by atoms with van der Waals surface area (Å²) in [5, 5.41) is 18.7. The number of aromatic amines is 1. The van der Waals surface area contributed by atoms with Crippen molar-refractivity contribution in [2.24, 2.45) is 0 Å². The van der Waals surface area contributed by atoms with Gasteiger partial charge in [-0.05, 0) is 55.7 Å². The minimum absolute atomic E-state index is 0.0501. The quantitative estimate of drug-likeness (QED) is 0.838. The predicted octanol–water partition coefficient (Wildman–Crippen LogP) is 2.73. The van der Waals surface area contributed by atoms with Gasteiger partial charge >= 0.3 is 5.97 Å². The van der Waals surface area contributed by atoms with Gasteiger partial charge in [0.05, 0.1) is 0 Å². The van der Waals surface area contributed by atoms with Crippen molar-refractivity contribution in [3.63, 3.8) is 0 Å². The maximum Gasteiger partial charge on any atom is 0.359 e. The van der Waals surface area contributed by atoms with Crippen molar-refractivity contribution in [3.8, 4) is 5.88 Å². The molecule has 0 spiro atoms. The van der Waals surface area contributed by atoms with Crippen LogP contribution in [-0.2, 0) is 4.79 Å². The number of amides is 1. The largest absolute Gasteiger partial charge is 0.476 e. The number of rotatable bonds is 5. The molecule has 2 aliphatic rings. The summed E-state index contributed by atoms with van der Waals surface area (Å²) in [4.78, 5) is 24.8. The van der Waals surface area contributed by atoms with Crippen LogP contribution >= 0.6 is 0 Å². The average Bonchev–Trinajstić information content (AvgIpc) is 3.31. The molecule has 27 heavy (non-hydrogen) atoms. The number of ether oxygens (including phenoxy) is 1. The van der Waals surface area contributed by atoms with E-state index in [0.717, 1.165) is 44.3 Å². The third kappa shape index (κ3) is 3.65. The lowest BCUT2D eigenvalue weighted by Crippen LogP contribution is -2.25. The predicted molar refractivity (Wildman–Crippen MR) is 97.0 cm³/mol. The Morgan fingerprint density at radius 3 is 2.56 bits per heavy atom. The maximum atomic E-state index is 11.9. The molecule has 1 aromatic heterocycles. The van der Waals surface area contributed by atoms with Crippen LogP contribution in [0.4, 0.5) is 5.69 Å². The van der Waals surface area contributed by atoms with Gasteiger partial charge in [-0.15, -0.1) is 0 Å². The van der Waals surface area contributed by atoms with E-state index in [4.69, 9.17) is 9.84 Å². The highest BCUT2D eigenvalue weighted by Gasteiger charge is 2.27. The standard InChI is InChI=1S/C19H22N4O4/c24-16-2-1-11-23(16)14-7-3-12(4-8-14)13-5-9-15(10-6-13)27-18-17(19(25)26)20-22-21-18/h3-4,7-8,13,15H,1-2,5-6,9-11H2,(H,25,26)(H,20,21,22)/t13-,15-.